The minimum absolute atomic E-state index is 0.0333. The molecular weight excluding hydrogens is 310 g/mol. The highest BCUT2D eigenvalue weighted by Crippen LogP contribution is 2.25. The Morgan fingerprint density at radius 2 is 2.12 bits per heavy atom. The minimum Gasteiger partial charge on any atom is -0.465 e. The maximum atomic E-state index is 11.8. The predicted octanol–water partition coefficient (Wildman–Crippen LogP) is 1.88. The standard InChI is InChI=1S/C17H23N3O4/c1-3-24-16(22)10-18-17(23)19-11(2)12-7-8-14-13(9-12)5-4-6-15(21)20-14/h7-9,11H,3-6,10H2,1-2H3,(H,20,21)(H2,18,19,23). The second-order valence-electron chi connectivity index (χ2n) is 5.67. The molecule has 0 fully saturated rings. The van der Waals surface area contributed by atoms with Gasteiger partial charge in [-0.2, -0.15) is 0 Å². The van der Waals surface area contributed by atoms with Gasteiger partial charge in [-0.05, 0) is 43.9 Å². The molecule has 1 aromatic carbocycles. The van der Waals surface area contributed by atoms with Crippen molar-refractivity contribution in [3.05, 3.63) is 29.3 Å². The van der Waals surface area contributed by atoms with Gasteiger partial charge in [-0.1, -0.05) is 12.1 Å². The molecule has 3 amide bonds. The van der Waals surface area contributed by atoms with Crippen LogP contribution in [0.5, 0.6) is 0 Å². The third kappa shape index (κ3) is 4.97. The Morgan fingerprint density at radius 3 is 2.88 bits per heavy atom. The molecule has 1 atom stereocenters. The summed E-state index contributed by atoms with van der Waals surface area (Å²) in [6, 6.07) is 5.08. The van der Waals surface area contributed by atoms with E-state index in [9.17, 15) is 14.4 Å². The summed E-state index contributed by atoms with van der Waals surface area (Å²) in [5.74, 6) is -0.438. The van der Waals surface area contributed by atoms with Crippen molar-refractivity contribution in [2.24, 2.45) is 0 Å². The number of carbonyl (C=O) groups excluding carboxylic acids is 3. The molecule has 0 saturated heterocycles. The van der Waals surface area contributed by atoms with Crippen LogP contribution in [0.4, 0.5) is 10.5 Å². The van der Waals surface area contributed by atoms with E-state index in [0.717, 1.165) is 29.7 Å². The molecular formula is C17H23N3O4. The molecule has 1 heterocycles. The van der Waals surface area contributed by atoms with Crippen LogP contribution in [0, 0.1) is 0 Å². The number of ether oxygens (including phenoxy) is 1. The number of anilines is 1. The Morgan fingerprint density at radius 1 is 1.33 bits per heavy atom. The highest BCUT2D eigenvalue weighted by molar-refractivity contribution is 5.92. The van der Waals surface area contributed by atoms with Crippen LogP contribution in [0.25, 0.3) is 0 Å². The molecule has 0 aliphatic carbocycles. The van der Waals surface area contributed by atoms with E-state index in [4.69, 9.17) is 4.74 Å². The quantitative estimate of drug-likeness (QED) is 0.717. The normalized spacial score (nSPS) is 14.7. The highest BCUT2D eigenvalue weighted by atomic mass is 16.5. The number of hydrogen-bond acceptors (Lipinski definition) is 4. The molecule has 3 N–H and O–H groups in total. The van der Waals surface area contributed by atoms with Gasteiger partial charge in [0.1, 0.15) is 6.54 Å². The first-order valence-corrected chi connectivity index (χ1v) is 8.12. The van der Waals surface area contributed by atoms with Gasteiger partial charge in [0.2, 0.25) is 5.91 Å². The van der Waals surface area contributed by atoms with Crippen LogP contribution in [0.1, 0.15) is 43.9 Å². The Labute approximate surface area is 141 Å². The molecule has 7 nitrogen and oxygen atoms in total. The van der Waals surface area contributed by atoms with Gasteiger partial charge in [0, 0.05) is 12.1 Å². The van der Waals surface area contributed by atoms with Crippen LogP contribution < -0.4 is 16.0 Å². The summed E-state index contributed by atoms with van der Waals surface area (Å²) in [7, 11) is 0. The first-order chi connectivity index (χ1) is 11.5. The average Bonchev–Trinajstić information content (AvgIpc) is 2.73. The Kier molecular flexibility index (Phi) is 6.17. The summed E-state index contributed by atoms with van der Waals surface area (Å²) in [6.45, 7) is 3.69. The summed E-state index contributed by atoms with van der Waals surface area (Å²) >= 11 is 0. The Hall–Kier alpha value is -2.57. The highest BCUT2D eigenvalue weighted by Gasteiger charge is 2.16. The molecule has 130 valence electrons. The van der Waals surface area contributed by atoms with Gasteiger partial charge in [0.05, 0.1) is 12.6 Å². The van der Waals surface area contributed by atoms with Gasteiger partial charge in [0.25, 0.3) is 0 Å². The number of benzene rings is 1. The second-order valence-corrected chi connectivity index (χ2v) is 5.67. The number of urea groups is 1. The lowest BCUT2D eigenvalue weighted by Gasteiger charge is -2.17. The number of nitrogens with one attached hydrogen (secondary N) is 3. The maximum absolute atomic E-state index is 11.8. The smallest absolute Gasteiger partial charge is 0.325 e. The van der Waals surface area contributed by atoms with Crippen LogP contribution in [-0.4, -0.2) is 31.1 Å². The van der Waals surface area contributed by atoms with E-state index in [1.807, 2.05) is 25.1 Å². The average molecular weight is 333 g/mol. The maximum Gasteiger partial charge on any atom is 0.325 e. The number of rotatable bonds is 5. The zero-order chi connectivity index (χ0) is 17.5. The molecule has 1 aromatic rings. The molecule has 1 aliphatic heterocycles. The zero-order valence-electron chi connectivity index (χ0n) is 14.0. The Balaban J connectivity index is 1.94. The number of esters is 1. The van der Waals surface area contributed by atoms with Crippen molar-refractivity contribution in [2.45, 2.75) is 39.2 Å². The number of hydrogen-bond donors (Lipinski definition) is 3. The Bertz CT molecular complexity index is 630. The molecule has 7 heteroatoms. The van der Waals surface area contributed by atoms with Gasteiger partial charge >= 0.3 is 12.0 Å². The number of amides is 3. The molecule has 0 radical (unpaired) electrons. The molecule has 0 saturated carbocycles. The summed E-state index contributed by atoms with van der Waals surface area (Å²) in [5, 5.41) is 8.13. The van der Waals surface area contributed by atoms with Crippen LogP contribution in [-0.2, 0) is 20.7 Å². The topological polar surface area (TPSA) is 96.5 Å². The fourth-order valence-corrected chi connectivity index (χ4v) is 2.56. The van der Waals surface area contributed by atoms with Crippen molar-refractivity contribution < 1.29 is 19.1 Å². The molecule has 0 spiro atoms. The molecule has 1 aliphatic rings. The lowest BCUT2D eigenvalue weighted by Crippen LogP contribution is -2.40. The summed E-state index contributed by atoms with van der Waals surface area (Å²) in [4.78, 5) is 34.6. The molecule has 0 bridgehead atoms. The van der Waals surface area contributed by atoms with E-state index >= 15 is 0 Å². The minimum atomic E-state index is -0.471. The van der Waals surface area contributed by atoms with Crippen molar-refractivity contribution in [1.29, 1.82) is 0 Å². The van der Waals surface area contributed by atoms with E-state index in [-0.39, 0.29) is 25.1 Å². The number of fused-ring (bicyclic) bond motifs is 1. The van der Waals surface area contributed by atoms with Crippen LogP contribution in [0.15, 0.2) is 18.2 Å². The lowest BCUT2D eigenvalue weighted by atomic mass is 10.0. The zero-order valence-corrected chi connectivity index (χ0v) is 14.0. The first-order valence-electron chi connectivity index (χ1n) is 8.12. The van der Waals surface area contributed by atoms with Crippen molar-refractivity contribution in [3.63, 3.8) is 0 Å². The van der Waals surface area contributed by atoms with E-state index in [0.29, 0.717) is 6.42 Å². The summed E-state index contributed by atoms with van der Waals surface area (Å²) < 4.78 is 4.75. The third-order valence-corrected chi connectivity index (χ3v) is 3.80. The van der Waals surface area contributed by atoms with Crippen molar-refractivity contribution in [2.75, 3.05) is 18.5 Å². The predicted molar refractivity (Wildman–Crippen MR) is 89.6 cm³/mol. The van der Waals surface area contributed by atoms with E-state index in [1.165, 1.54) is 0 Å². The fraction of sp³-hybridized carbons (Fsp3) is 0.471. The lowest BCUT2D eigenvalue weighted by molar-refractivity contribution is -0.141. The van der Waals surface area contributed by atoms with Crippen LogP contribution >= 0.6 is 0 Å². The van der Waals surface area contributed by atoms with Crippen molar-refractivity contribution >= 4 is 23.6 Å². The second kappa shape index (κ2) is 8.33. The van der Waals surface area contributed by atoms with E-state index < -0.39 is 12.0 Å². The van der Waals surface area contributed by atoms with Gasteiger partial charge in [-0.15, -0.1) is 0 Å². The third-order valence-electron chi connectivity index (χ3n) is 3.80. The van der Waals surface area contributed by atoms with Gasteiger partial charge in [0.15, 0.2) is 0 Å². The van der Waals surface area contributed by atoms with E-state index in [2.05, 4.69) is 16.0 Å². The fourth-order valence-electron chi connectivity index (χ4n) is 2.56. The van der Waals surface area contributed by atoms with Gasteiger partial charge in [-0.3, -0.25) is 9.59 Å². The SMILES string of the molecule is CCOC(=O)CNC(=O)NC(C)c1ccc2c(c1)CCCC(=O)N2. The molecule has 0 aromatic heterocycles. The van der Waals surface area contributed by atoms with Crippen molar-refractivity contribution in [3.8, 4) is 0 Å². The number of aryl methyl sites for hydroxylation is 1. The van der Waals surface area contributed by atoms with E-state index in [1.54, 1.807) is 6.92 Å². The van der Waals surface area contributed by atoms with Gasteiger partial charge in [-0.25, -0.2) is 4.79 Å². The first kappa shape index (κ1) is 17.8. The van der Waals surface area contributed by atoms with Crippen LogP contribution in [0.2, 0.25) is 0 Å². The van der Waals surface area contributed by atoms with Gasteiger partial charge < -0.3 is 20.7 Å². The number of carbonyl (C=O) groups is 3. The largest absolute Gasteiger partial charge is 0.465 e. The summed E-state index contributed by atoms with van der Waals surface area (Å²) in [6.07, 6.45) is 2.15. The van der Waals surface area contributed by atoms with Crippen molar-refractivity contribution in [1.82, 2.24) is 10.6 Å². The molecule has 2 rings (SSSR count). The van der Waals surface area contributed by atoms with Crippen LogP contribution in [0.3, 0.4) is 0 Å². The summed E-state index contributed by atoms with van der Waals surface area (Å²) in [5.41, 5.74) is 2.84. The molecule has 1 unspecified atom stereocenters. The molecule has 24 heavy (non-hydrogen) atoms. The monoisotopic (exact) mass is 333 g/mol.